The normalized spacial score (nSPS) is 10.5. The molecule has 0 saturated heterocycles. The van der Waals surface area contributed by atoms with Gasteiger partial charge in [0.2, 0.25) is 0 Å². The van der Waals surface area contributed by atoms with Gasteiger partial charge < -0.3 is 15.4 Å². The van der Waals surface area contributed by atoms with Crippen molar-refractivity contribution in [3.8, 4) is 5.75 Å². The lowest BCUT2D eigenvalue weighted by molar-refractivity contribution is 0.0948. The van der Waals surface area contributed by atoms with Gasteiger partial charge in [-0.1, -0.05) is 15.9 Å². The number of amides is 1. The molecule has 1 amide bonds. The molecule has 2 N–H and O–H groups in total. The maximum absolute atomic E-state index is 12.0. The molecule has 1 aromatic rings. The molecule has 0 spiro atoms. The van der Waals surface area contributed by atoms with E-state index in [1.54, 1.807) is 6.07 Å². The minimum absolute atomic E-state index is 0.0307. The Morgan fingerprint density at radius 1 is 1.39 bits per heavy atom. The van der Waals surface area contributed by atoms with Gasteiger partial charge in [-0.3, -0.25) is 4.79 Å². The third kappa shape index (κ3) is 4.66. The van der Waals surface area contributed by atoms with Crippen LogP contribution in [0.3, 0.4) is 0 Å². The van der Waals surface area contributed by atoms with Crippen LogP contribution in [-0.4, -0.2) is 32.1 Å². The fraction of sp³-hybridized carbons (Fsp3) is 0.462. The lowest BCUT2D eigenvalue weighted by Crippen LogP contribution is -2.30. The minimum atomic E-state index is -0.117. The van der Waals surface area contributed by atoms with Crippen LogP contribution in [0.4, 0.5) is 0 Å². The summed E-state index contributed by atoms with van der Waals surface area (Å²) in [5.74, 6) is 0.481. The average molecular weight is 315 g/mol. The Kier molecular flexibility index (Phi) is 6.15. The van der Waals surface area contributed by atoms with Gasteiger partial charge >= 0.3 is 0 Å². The summed E-state index contributed by atoms with van der Waals surface area (Å²) in [5, 5.41) is 5.81. The standard InChI is InChI=1S/C13H19BrN2O2/c1-9(2)18-12-8-10(14)4-5-11(12)13(17)16-7-6-15-3/h4-5,8-9,15H,6-7H2,1-3H3,(H,16,17). The van der Waals surface area contributed by atoms with Crippen LogP contribution in [0.25, 0.3) is 0 Å². The van der Waals surface area contributed by atoms with Gasteiger partial charge in [0.05, 0.1) is 11.7 Å². The topological polar surface area (TPSA) is 50.4 Å². The molecule has 1 rings (SSSR count). The van der Waals surface area contributed by atoms with Crippen molar-refractivity contribution in [2.24, 2.45) is 0 Å². The van der Waals surface area contributed by atoms with Crippen molar-refractivity contribution >= 4 is 21.8 Å². The van der Waals surface area contributed by atoms with E-state index in [1.807, 2.05) is 33.0 Å². The van der Waals surface area contributed by atoms with E-state index in [0.717, 1.165) is 11.0 Å². The molecule has 0 bridgehead atoms. The maximum Gasteiger partial charge on any atom is 0.255 e. The van der Waals surface area contributed by atoms with Gasteiger partial charge in [-0.25, -0.2) is 0 Å². The lowest BCUT2D eigenvalue weighted by Gasteiger charge is -2.14. The van der Waals surface area contributed by atoms with E-state index in [9.17, 15) is 4.79 Å². The van der Waals surface area contributed by atoms with Gasteiger partial charge in [-0.05, 0) is 39.1 Å². The molecule has 0 aliphatic heterocycles. The predicted molar refractivity (Wildman–Crippen MR) is 76.2 cm³/mol. The summed E-state index contributed by atoms with van der Waals surface area (Å²) >= 11 is 3.38. The molecular weight excluding hydrogens is 296 g/mol. The molecule has 18 heavy (non-hydrogen) atoms. The van der Waals surface area contributed by atoms with Gasteiger partial charge in [-0.15, -0.1) is 0 Å². The summed E-state index contributed by atoms with van der Waals surface area (Å²) in [6.07, 6.45) is 0.0307. The van der Waals surface area contributed by atoms with Crippen molar-refractivity contribution in [1.29, 1.82) is 0 Å². The molecule has 0 fully saturated rings. The third-order valence-corrected chi connectivity index (χ3v) is 2.70. The number of nitrogens with one attached hydrogen (secondary N) is 2. The fourth-order valence-corrected chi connectivity index (χ4v) is 1.77. The van der Waals surface area contributed by atoms with Crippen molar-refractivity contribution in [2.75, 3.05) is 20.1 Å². The molecule has 5 heteroatoms. The number of rotatable bonds is 6. The van der Waals surface area contributed by atoms with Crippen LogP contribution in [0, 0.1) is 0 Å². The molecule has 0 aliphatic rings. The van der Waals surface area contributed by atoms with Crippen molar-refractivity contribution < 1.29 is 9.53 Å². The summed E-state index contributed by atoms with van der Waals surface area (Å²) in [6.45, 7) is 5.20. The number of hydrogen-bond acceptors (Lipinski definition) is 3. The Labute approximate surface area is 116 Å². The van der Waals surface area contributed by atoms with E-state index < -0.39 is 0 Å². The van der Waals surface area contributed by atoms with Gasteiger partial charge in [0.1, 0.15) is 5.75 Å². The monoisotopic (exact) mass is 314 g/mol. The number of halogens is 1. The SMILES string of the molecule is CNCCNC(=O)c1ccc(Br)cc1OC(C)C. The van der Waals surface area contributed by atoms with Crippen molar-refractivity contribution in [2.45, 2.75) is 20.0 Å². The zero-order valence-corrected chi connectivity index (χ0v) is 12.5. The highest BCUT2D eigenvalue weighted by Crippen LogP contribution is 2.24. The molecule has 1 aromatic carbocycles. The summed E-state index contributed by atoms with van der Waals surface area (Å²) in [5.41, 5.74) is 0.558. The first-order chi connectivity index (χ1) is 8.54. The Morgan fingerprint density at radius 3 is 2.72 bits per heavy atom. The van der Waals surface area contributed by atoms with Crippen molar-refractivity contribution in [1.82, 2.24) is 10.6 Å². The number of likely N-dealkylation sites (N-methyl/N-ethyl adjacent to an activating group) is 1. The van der Waals surface area contributed by atoms with Gasteiger partial charge in [0.25, 0.3) is 5.91 Å². The van der Waals surface area contributed by atoms with Crippen LogP contribution in [0.15, 0.2) is 22.7 Å². The largest absolute Gasteiger partial charge is 0.490 e. The molecule has 100 valence electrons. The zero-order valence-electron chi connectivity index (χ0n) is 10.9. The molecule has 4 nitrogen and oxygen atoms in total. The quantitative estimate of drug-likeness (QED) is 0.791. The van der Waals surface area contributed by atoms with Crippen molar-refractivity contribution in [3.05, 3.63) is 28.2 Å². The first-order valence-electron chi connectivity index (χ1n) is 5.93. The number of hydrogen-bond donors (Lipinski definition) is 2. The molecule has 0 radical (unpaired) electrons. The molecule has 0 aliphatic carbocycles. The van der Waals surface area contributed by atoms with Crippen LogP contribution in [0.5, 0.6) is 5.75 Å². The Morgan fingerprint density at radius 2 is 2.11 bits per heavy atom. The van der Waals surface area contributed by atoms with E-state index in [2.05, 4.69) is 26.6 Å². The summed E-state index contributed by atoms with van der Waals surface area (Å²) < 4.78 is 6.54. The van der Waals surface area contributed by atoms with Crippen LogP contribution in [-0.2, 0) is 0 Å². The average Bonchev–Trinajstić information content (AvgIpc) is 2.28. The highest BCUT2D eigenvalue weighted by Gasteiger charge is 2.13. The first-order valence-corrected chi connectivity index (χ1v) is 6.73. The molecule has 0 aromatic heterocycles. The highest BCUT2D eigenvalue weighted by molar-refractivity contribution is 9.10. The molecule has 0 saturated carbocycles. The van der Waals surface area contributed by atoms with Crippen LogP contribution in [0.1, 0.15) is 24.2 Å². The molecule has 0 atom stereocenters. The third-order valence-electron chi connectivity index (χ3n) is 2.21. The van der Waals surface area contributed by atoms with Crippen LogP contribution < -0.4 is 15.4 Å². The molecule has 0 unspecified atom stereocenters. The van der Waals surface area contributed by atoms with E-state index in [1.165, 1.54) is 0 Å². The number of carbonyl (C=O) groups excluding carboxylic acids is 1. The predicted octanol–water partition coefficient (Wildman–Crippen LogP) is 2.19. The highest BCUT2D eigenvalue weighted by atomic mass is 79.9. The van der Waals surface area contributed by atoms with E-state index in [-0.39, 0.29) is 12.0 Å². The fourth-order valence-electron chi connectivity index (χ4n) is 1.43. The molecular formula is C13H19BrN2O2. The Balaban J connectivity index is 2.82. The van der Waals surface area contributed by atoms with E-state index >= 15 is 0 Å². The number of carbonyl (C=O) groups is 1. The lowest BCUT2D eigenvalue weighted by atomic mass is 10.2. The molecule has 0 heterocycles. The zero-order chi connectivity index (χ0) is 13.5. The summed E-state index contributed by atoms with van der Waals surface area (Å²) in [4.78, 5) is 12.0. The van der Waals surface area contributed by atoms with E-state index in [0.29, 0.717) is 17.9 Å². The summed E-state index contributed by atoms with van der Waals surface area (Å²) in [6, 6.07) is 5.41. The maximum atomic E-state index is 12.0. The Hall–Kier alpha value is -1.07. The van der Waals surface area contributed by atoms with Crippen molar-refractivity contribution in [3.63, 3.8) is 0 Å². The number of ether oxygens (including phenoxy) is 1. The second kappa shape index (κ2) is 7.38. The second-order valence-electron chi connectivity index (χ2n) is 4.17. The van der Waals surface area contributed by atoms with Gasteiger partial charge in [-0.2, -0.15) is 0 Å². The first kappa shape index (κ1) is 15.0. The minimum Gasteiger partial charge on any atom is -0.490 e. The van der Waals surface area contributed by atoms with E-state index in [4.69, 9.17) is 4.74 Å². The number of benzene rings is 1. The Bertz CT molecular complexity index is 408. The van der Waals surface area contributed by atoms with Crippen LogP contribution in [0.2, 0.25) is 0 Å². The second-order valence-corrected chi connectivity index (χ2v) is 5.08. The smallest absolute Gasteiger partial charge is 0.255 e. The van der Waals surface area contributed by atoms with Crippen LogP contribution >= 0.6 is 15.9 Å². The summed E-state index contributed by atoms with van der Waals surface area (Å²) in [7, 11) is 1.85. The van der Waals surface area contributed by atoms with Gasteiger partial charge in [0.15, 0.2) is 0 Å². The van der Waals surface area contributed by atoms with Gasteiger partial charge in [0, 0.05) is 17.6 Å².